The largest absolute Gasteiger partial charge is 1.00 e. The molecule has 0 rings (SSSR count). The van der Waals surface area contributed by atoms with Gasteiger partial charge in [-0.25, -0.2) is 0 Å². The number of halogens is 1. The second-order valence-corrected chi connectivity index (χ2v) is 0.995. The summed E-state index contributed by atoms with van der Waals surface area (Å²) >= 11 is 0. The van der Waals surface area contributed by atoms with Crippen molar-refractivity contribution in [2.75, 3.05) is 0 Å². The molecule has 0 heterocycles. The maximum absolute atomic E-state index is 9.34. The Labute approximate surface area is 81.9 Å². The predicted octanol–water partition coefficient (Wildman–Crippen LogP) is -7.50. The van der Waals surface area contributed by atoms with Gasteiger partial charge in [0.1, 0.15) is 0 Å². The van der Waals surface area contributed by atoms with Gasteiger partial charge in [0.05, 0.1) is 12.1 Å². The van der Waals surface area contributed by atoms with E-state index >= 15 is 0 Å². The van der Waals surface area contributed by atoms with E-state index in [-0.39, 0.29) is 48.1 Å². The van der Waals surface area contributed by atoms with Gasteiger partial charge < -0.3 is 33.6 Å². The molecular formula is C3H9ClNNaO3. The van der Waals surface area contributed by atoms with Crippen LogP contribution in [0.5, 0.6) is 0 Å². The number of carbonyl (C=O) groups excluding carboxylic acids is 1. The van der Waals surface area contributed by atoms with Crippen LogP contribution in [-0.4, -0.2) is 17.2 Å². The minimum absolute atomic E-state index is 0. The number of hydrogen-bond donors (Lipinski definition) is 2. The van der Waals surface area contributed by atoms with E-state index in [1.54, 1.807) is 0 Å². The van der Waals surface area contributed by atoms with Crippen LogP contribution in [-0.2, 0) is 4.79 Å². The first-order valence-corrected chi connectivity index (χ1v) is 1.53. The van der Waals surface area contributed by atoms with E-state index in [1.807, 2.05) is 0 Å². The second kappa shape index (κ2) is 11.5. The van der Waals surface area contributed by atoms with Crippen molar-refractivity contribution in [3.63, 3.8) is 0 Å². The van der Waals surface area contributed by atoms with E-state index in [0.717, 1.165) is 6.92 Å². The average molecular weight is 166 g/mol. The molecule has 6 heteroatoms. The number of carboxylic acids is 1. The van der Waals surface area contributed by atoms with Gasteiger partial charge in [0.25, 0.3) is 0 Å². The SMILES string of the molecule is CC(O)C(=O)[O-].[Cl-].[NH4+].[Na+]. The molecule has 0 radical (unpaired) electrons. The van der Waals surface area contributed by atoms with Crippen molar-refractivity contribution in [1.29, 1.82) is 0 Å². The van der Waals surface area contributed by atoms with Crippen LogP contribution in [0, 0.1) is 0 Å². The maximum atomic E-state index is 9.34. The van der Waals surface area contributed by atoms with E-state index in [4.69, 9.17) is 5.11 Å². The van der Waals surface area contributed by atoms with E-state index in [9.17, 15) is 9.90 Å². The van der Waals surface area contributed by atoms with Crippen molar-refractivity contribution >= 4 is 5.97 Å². The summed E-state index contributed by atoms with van der Waals surface area (Å²) in [4.78, 5) is 9.34. The van der Waals surface area contributed by atoms with Crippen LogP contribution in [0.4, 0.5) is 0 Å². The first-order chi connectivity index (χ1) is 2.64. The van der Waals surface area contributed by atoms with Crippen LogP contribution < -0.4 is 53.2 Å². The number of aliphatic carboxylic acids is 1. The molecule has 0 saturated carbocycles. The summed E-state index contributed by atoms with van der Waals surface area (Å²) in [5, 5.41) is 17.3. The second-order valence-electron chi connectivity index (χ2n) is 0.995. The fraction of sp³-hybridized carbons (Fsp3) is 0.667. The Morgan fingerprint density at radius 3 is 1.78 bits per heavy atom. The number of aliphatic hydroxyl groups excluding tert-OH is 1. The molecule has 5 N–H and O–H groups in total. The molecule has 0 aromatic heterocycles. The normalized spacial score (nSPS) is 9.11. The van der Waals surface area contributed by atoms with E-state index in [0.29, 0.717) is 0 Å². The van der Waals surface area contributed by atoms with Crippen LogP contribution in [0.2, 0.25) is 0 Å². The first kappa shape index (κ1) is 22.6. The number of rotatable bonds is 1. The van der Waals surface area contributed by atoms with Crippen LogP contribution >= 0.6 is 0 Å². The van der Waals surface area contributed by atoms with Gasteiger partial charge >= 0.3 is 29.6 Å². The molecule has 1 atom stereocenters. The fourth-order valence-corrected chi connectivity index (χ4v) is 0. The van der Waals surface area contributed by atoms with Crippen molar-refractivity contribution in [1.82, 2.24) is 6.15 Å². The molecule has 0 aliphatic heterocycles. The molecule has 0 bridgehead atoms. The molecule has 0 aliphatic rings. The third kappa shape index (κ3) is 17.7. The van der Waals surface area contributed by atoms with E-state index < -0.39 is 12.1 Å². The number of quaternary nitrogens is 1. The average Bonchev–Trinajstić information content (AvgIpc) is 1.36. The zero-order valence-corrected chi connectivity index (χ0v) is 8.47. The van der Waals surface area contributed by atoms with Gasteiger partial charge in [-0.05, 0) is 6.92 Å². The number of aliphatic hydroxyl groups is 1. The Bertz CT molecular complexity index is 70.1. The molecule has 1 unspecified atom stereocenters. The molecule has 0 fully saturated rings. The quantitative estimate of drug-likeness (QED) is 0.378. The van der Waals surface area contributed by atoms with Crippen molar-refractivity contribution in [2.24, 2.45) is 0 Å². The van der Waals surface area contributed by atoms with Gasteiger partial charge in [0.2, 0.25) is 0 Å². The van der Waals surface area contributed by atoms with Gasteiger partial charge in [-0.1, -0.05) is 0 Å². The van der Waals surface area contributed by atoms with Crippen molar-refractivity contribution in [2.45, 2.75) is 13.0 Å². The van der Waals surface area contributed by atoms with Crippen molar-refractivity contribution in [3.05, 3.63) is 0 Å². The standard InChI is InChI=1S/C3H6O3.ClH.H3N.Na/c1-2(4)3(5)6;;;/h2,4H,1H3,(H,5,6);1H;1H3;/q;;;+1/p-1. The third-order valence-corrected chi connectivity index (χ3v) is 0.341. The van der Waals surface area contributed by atoms with Gasteiger partial charge in [0, 0.05) is 0 Å². The first-order valence-electron chi connectivity index (χ1n) is 1.53. The smallest absolute Gasteiger partial charge is 1.00 e. The third-order valence-electron chi connectivity index (χ3n) is 0.341. The van der Waals surface area contributed by atoms with Crippen molar-refractivity contribution in [3.8, 4) is 0 Å². The topological polar surface area (TPSA) is 96.9 Å². The zero-order valence-electron chi connectivity index (χ0n) is 5.72. The monoisotopic (exact) mass is 165 g/mol. The van der Waals surface area contributed by atoms with Crippen LogP contribution in [0.15, 0.2) is 0 Å². The predicted molar refractivity (Wildman–Crippen MR) is 22.7 cm³/mol. The number of carboxylic acid groups (broad SMARTS) is 1. The molecule has 0 aliphatic carbocycles. The minimum atomic E-state index is -1.44. The van der Waals surface area contributed by atoms with Crippen molar-refractivity contribution < 1.29 is 57.0 Å². The van der Waals surface area contributed by atoms with Gasteiger partial charge in [-0.15, -0.1) is 0 Å². The Morgan fingerprint density at radius 2 is 1.78 bits per heavy atom. The summed E-state index contributed by atoms with van der Waals surface area (Å²) in [5.41, 5.74) is 0. The Balaban J connectivity index is -0.0000000417. The fourth-order valence-electron chi connectivity index (χ4n) is 0. The maximum Gasteiger partial charge on any atom is 1.00 e. The summed E-state index contributed by atoms with van der Waals surface area (Å²) in [7, 11) is 0. The van der Waals surface area contributed by atoms with Crippen LogP contribution in [0.3, 0.4) is 0 Å². The molecule has 0 amide bonds. The molecule has 52 valence electrons. The summed E-state index contributed by atoms with van der Waals surface area (Å²) in [6.45, 7) is 1.13. The number of carbonyl (C=O) groups is 1. The summed E-state index contributed by atoms with van der Waals surface area (Å²) < 4.78 is 0. The molecule has 9 heavy (non-hydrogen) atoms. The Morgan fingerprint density at radius 1 is 1.67 bits per heavy atom. The van der Waals surface area contributed by atoms with Crippen LogP contribution in [0.25, 0.3) is 0 Å². The molecule has 0 saturated heterocycles. The Kier molecular flexibility index (Phi) is 28.8. The summed E-state index contributed by atoms with van der Waals surface area (Å²) in [5.74, 6) is -1.44. The minimum Gasteiger partial charge on any atom is -1.00 e. The van der Waals surface area contributed by atoms with E-state index in [2.05, 4.69) is 0 Å². The Hall–Kier alpha value is 0.680. The van der Waals surface area contributed by atoms with E-state index in [1.165, 1.54) is 0 Å². The molecular weight excluding hydrogens is 156 g/mol. The van der Waals surface area contributed by atoms with Gasteiger partial charge in [0.15, 0.2) is 0 Å². The summed E-state index contributed by atoms with van der Waals surface area (Å²) in [6.07, 6.45) is -1.34. The molecule has 0 aromatic carbocycles. The zero-order chi connectivity index (χ0) is 5.15. The molecule has 4 nitrogen and oxygen atoms in total. The summed E-state index contributed by atoms with van der Waals surface area (Å²) in [6, 6.07) is 0. The van der Waals surface area contributed by atoms with Gasteiger partial charge in [-0.3, -0.25) is 0 Å². The number of hydrogen-bond acceptors (Lipinski definition) is 3. The molecule has 0 spiro atoms. The van der Waals surface area contributed by atoms with Crippen LogP contribution in [0.1, 0.15) is 6.92 Å². The van der Waals surface area contributed by atoms with Gasteiger partial charge in [-0.2, -0.15) is 0 Å². The molecule has 0 aromatic rings.